The van der Waals surface area contributed by atoms with Gasteiger partial charge in [0, 0.05) is 17.5 Å². The highest BCUT2D eigenvalue weighted by Gasteiger charge is 2.20. The summed E-state index contributed by atoms with van der Waals surface area (Å²) in [5.41, 5.74) is 0.717. The average Bonchev–Trinajstić information content (AvgIpc) is 2.59. The lowest BCUT2D eigenvalue weighted by atomic mass is 10.1. The van der Waals surface area contributed by atoms with E-state index >= 15 is 0 Å². The summed E-state index contributed by atoms with van der Waals surface area (Å²) in [6, 6.07) is 10.9. The van der Waals surface area contributed by atoms with Crippen molar-refractivity contribution in [2.24, 2.45) is 0 Å². The Labute approximate surface area is 163 Å². The summed E-state index contributed by atoms with van der Waals surface area (Å²) < 4.78 is 24.4. The number of esters is 1. The van der Waals surface area contributed by atoms with Crippen LogP contribution in [0.25, 0.3) is 10.9 Å². The van der Waals surface area contributed by atoms with Crippen LogP contribution < -0.4 is 4.74 Å². The molecule has 0 radical (unpaired) electrons. The lowest BCUT2D eigenvalue weighted by Crippen LogP contribution is -2.09. The first-order valence-electron chi connectivity index (χ1n) is 7.89. The van der Waals surface area contributed by atoms with Gasteiger partial charge in [0.2, 0.25) is 0 Å². The number of carbonyl (C=O) groups excluding carboxylic acids is 1. The van der Waals surface area contributed by atoms with Gasteiger partial charge in [-0.1, -0.05) is 24.6 Å². The van der Waals surface area contributed by atoms with Crippen LogP contribution in [-0.2, 0) is 4.74 Å². The fourth-order valence-corrected chi connectivity index (χ4v) is 3.34. The van der Waals surface area contributed by atoms with Gasteiger partial charge in [-0.2, -0.15) is 0 Å². The van der Waals surface area contributed by atoms with Crippen molar-refractivity contribution in [3.8, 4) is 11.5 Å². The average molecular weight is 439 g/mol. The number of fused-ring (bicyclic) bond motifs is 1. The van der Waals surface area contributed by atoms with Crippen LogP contribution >= 0.6 is 27.5 Å². The second-order valence-corrected chi connectivity index (χ2v) is 6.60. The molecule has 0 aliphatic heterocycles. The molecule has 0 spiro atoms. The zero-order valence-corrected chi connectivity index (χ0v) is 16.1. The molecular formula is C19H14BrClFNO3. The number of hydrogen-bond donors (Lipinski definition) is 0. The molecule has 0 atom stereocenters. The Bertz CT molecular complexity index is 980. The Hall–Kier alpha value is -2.18. The fourth-order valence-electron chi connectivity index (χ4n) is 2.35. The molecule has 0 N–H and O–H groups in total. The Morgan fingerprint density at radius 3 is 2.73 bits per heavy atom. The van der Waals surface area contributed by atoms with Gasteiger partial charge in [-0.3, -0.25) is 0 Å². The van der Waals surface area contributed by atoms with Crippen molar-refractivity contribution in [1.82, 2.24) is 4.98 Å². The van der Waals surface area contributed by atoms with Gasteiger partial charge < -0.3 is 9.47 Å². The maximum absolute atomic E-state index is 13.3. The molecule has 0 amide bonds. The van der Waals surface area contributed by atoms with Crippen molar-refractivity contribution in [2.45, 2.75) is 13.3 Å². The molecule has 0 bridgehead atoms. The minimum atomic E-state index is -0.529. The predicted octanol–water partition coefficient (Wildman–Crippen LogP) is 6.15. The van der Waals surface area contributed by atoms with Gasteiger partial charge in [-0.05, 0) is 46.6 Å². The van der Waals surface area contributed by atoms with Crippen LogP contribution in [0, 0.1) is 5.82 Å². The summed E-state index contributed by atoms with van der Waals surface area (Å²) in [7, 11) is 0. The highest BCUT2D eigenvalue weighted by molar-refractivity contribution is 9.10. The number of hydrogen-bond acceptors (Lipinski definition) is 4. The van der Waals surface area contributed by atoms with E-state index in [1.165, 1.54) is 12.1 Å². The van der Waals surface area contributed by atoms with E-state index in [2.05, 4.69) is 20.9 Å². The van der Waals surface area contributed by atoms with Gasteiger partial charge >= 0.3 is 5.97 Å². The Morgan fingerprint density at radius 1 is 1.23 bits per heavy atom. The van der Waals surface area contributed by atoms with E-state index in [9.17, 15) is 9.18 Å². The second-order valence-electron chi connectivity index (χ2n) is 5.47. The van der Waals surface area contributed by atoms with E-state index in [1.54, 1.807) is 30.3 Å². The van der Waals surface area contributed by atoms with Crippen LogP contribution in [0.3, 0.4) is 0 Å². The molecule has 0 saturated carbocycles. The van der Waals surface area contributed by atoms with Crippen LogP contribution in [-0.4, -0.2) is 17.6 Å². The molecule has 0 fully saturated rings. The van der Waals surface area contributed by atoms with Crippen molar-refractivity contribution in [3.63, 3.8) is 0 Å². The molecule has 26 heavy (non-hydrogen) atoms. The van der Waals surface area contributed by atoms with Crippen molar-refractivity contribution >= 4 is 44.4 Å². The second kappa shape index (κ2) is 8.01. The molecule has 3 rings (SSSR count). The fraction of sp³-hybridized carbons (Fsp3) is 0.158. The normalized spacial score (nSPS) is 10.8. The largest absolute Gasteiger partial charge is 0.462 e. The van der Waals surface area contributed by atoms with Crippen molar-refractivity contribution in [2.75, 3.05) is 6.61 Å². The first-order valence-corrected chi connectivity index (χ1v) is 9.06. The molecule has 7 heteroatoms. The molecule has 1 aromatic heterocycles. The number of rotatable bonds is 5. The third kappa shape index (κ3) is 3.97. The lowest BCUT2D eigenvalue weighted by Gasteiger charge is -2.11. The molecule has 0 unspecified atom stereocenters. The van der Waals surface area contributed by atoms with E-state index in [0.29, 0.717) is 40.0 Å². The Balaban J connectivity index is 1.97. The van der Waals surface area contributed by atoms with Crippen LogP contribution in [0.1, 0.15) is 23.7 Å². The van der Waals surface area contributed by atoms with Crippen LogP contribution in [0.5, 0.6) is 11.5 Å². The predicted molar refractivity (Wildman–Crippen MR) is 102 cm³/mol. The zero-order chi connectivity index (χ0) is 18.7. The number of pyridine rings is 1. The third-order valence-corrected chi connectivity index (χ3v) is 4.49. The van der Waals surface area contributed by atoms with Crippen molar-refractivity contribution < 1.29 is 18.7 Å². The molecule has 1 heterocycles. The number of halogens is 3. The van der Waals surface area contributed by atoms with Crippen LogP contribution in [0.15, 0.2) is 47.1 Å². The molecule has 0 saturated heterocycles. The van der Waals surface area contributed by atoms with E-state index in [4.69, 9.17) is 21.1 Å². The van der Waals surface area contributed by atoms with Crippen LogP contribution in [0.4, 0.5) is 4.39 Å². The summed E-state index contributed by atoms with van der Waals surface area (Å²) in [6.07, 6.45) is 0.711. The first-order chi connectivity index (χ1) is 12.5. The minimum absolute atomic E-state index is 0.186. The summed E-state index contributed by atoms with van der Waals surface area (Å²) in [6.45, 7) is 2.21. The maximum Gasteiger partial charge on any atom is 0.342 e. The quantitative estimate of drug-likeness (QED) is 0.354. The summed E-state index contributed by atoms with van der Waals surface area (Å²) >= 11 is 9.67. The standard InChI is InChI=1S/C19H14BrClFNO3/c1-2-8-25-19(24)16-17(21)14-7-6-13(10-15(14)23-18(16)20)26-12-5-3-4-11(22)9-12/h3-7,9-10H,2,8H2,1H3. The van der Waals surface area contributed by atoms with Gasteiger partial charge in [0.1, 0.15) is 27.5 Å². The van der Waals surface area contributed by atoms with Gasteiger partial charge in [0.25, 0.3) is 0 Å². The topological polar surface area (TPSA) is 48.4 Å². The smallest absolute Gasteiger partial charge is 0.342 e. The molecule has 4 nitrogen and oxygen atoms in total. The Morgan fingerprint density at radius 2 is 2.00 bits per heavy atom. The monoisotopic (exact) mass is 437 g/mol. The summed E-state index contributed by atoms with van der Waals surface area (Å²) in [5.74, 6) is -0.0743. The summed E-state index contributed by atoms with van der Waals surface area (Å²) in [4.78, 5) is 16.6. The highest BCUT2D eigenvalue weighted by Crippen LogP contribution is 2.34. The highest BCUT2D eigenvalue weighted by atomic mass is 79.9. The van der Waals surface area contributed by atoms with E-state index in [0.717, 1.165) is 0 Å². The number of benzene rings is 2. The van der Waals surface area contributed by atoms with Crippen LogP contribution in [0.2, 0.25) is 5.02 Å². The molecule has 0 aliphatic rings. The Kier molecular flexibility index (Phi) is 5.74. The van der Waals surface area contributed by atoms with E-state index in [1.807, 2.05) is 6.92 Å². The van der Waals surface area contributed by atoms with Gasteiger partial charge in [-0.15, -0.1) is 0 Å². The van der Waals surface area contributed by atoms with Gasteiger partial charge in [-0.25, -0.2) is 14.2 Å². The maximum atomic E-state index is 13.3. The van der Waals surface area contributed by atoms with Crippen molar-refractivity contribution in [3.05, 3.63) is 63.5 Å². The zero-order valence-electron chi connectivity index (χ0n) is 13.8. The third-order valence-electron chi connectivity index (χ3n) is 3.52. The van der Waals surface area contributed by atoms with Gasteiger partial charge in [0.15, 0.2) is 0 Å². The molecule has 0 aliphatic carbocycles. The summed E-state index contributed by atoms with van der Waals surface area (Å²) in [5, 5.41) is 0.838. The molecule has 3 aromatic rings. The van der Waals surface area contributed by atoms with E-state index < -0.39 is 5.97 Å². The number of carbonyl (C=O) groups is 1. The van der Waals surface area contributed by atoms with E-state index in [-0.39, 0.29) is 16.4 Å². The van der Waals surface area contributed by atoms with Gasteiger partial charge in [0.05, 0.1) is 17.1 Å². The lowest BCUT2D eigenvalue weighted by molar-refractivity contribution is 0.0504. The minimum Gasteiger partial charge on any atom is -0.462 e. The number of ether oxygens (including phenoxy) is 2. The van der Waals surface area contributed by atoms with Crippen molar-refractivity contribution in [1.29, 1.82) is 0 Å². The molecule has 2 aromatic carbocycles. The SMILES string of the molecule is CCCOC(=O)c1c(Br)nc2cc(Oc3cccc(F)c3)ccc2c1Cl. The molecular weight excluding hydrogens is 425 g/mol. The first kappa shape index (κ1) is 18.6. The number of nitrogens with zero attached hydrogens (tertiary/aromatic N) is 1. The number of aromatic nitrogens is 1. The molecule has 134 valence electrons.